The minimum absolute atomic E-state index is 0.149. The van der Waals surface area contributed by atoms with Gasteiger partial charge in [-0.1, -0.05) is 30.3 Å². The quantitative estimate of drug-likeness (QED) is 0.303. The monoisotopic (exact) mass is 479 g/mol. The summed E-state index contributed by atoms with van der Waals surface area (Å²) in [4.78, 5) is 24.1. The van der Waals surface area contributed by atoms with Crippen molar-refractivity contribution in [1.29, 1.82) is 0 Å². The number of carbonyl (C=O) groups is 1. The molecule has 0 bridgehead atoms. The number of hydrogen-bond donors (Lipinski definition) is 2. The van der Waals surface area contributed by atoms with Gasteiger partial charge in [0.2, 0.25) is 0 Å². The number of para-hydroxylation sites is 2. The van der Waals surface area contributed by atoms with Crippen molar-refractivity contribution in [3.05, 3.63) is 99.6 Å². The lowest BCUT2D eigenvalue weighted by atomic mass is 9.94. The molecule has 6 nitrogen and oxygen atoms in total. The van der Waals surface area contributed by atoms with E-state index in [-0.39, 0.29) is 11.3 Å². The average Bonchev–Trinajstić information content (AvgIpc) is 3.49. The van der Waals surface area contributed by atoms with Gasteiger partial charge in [-0.05, 0) is 68.7 Å². The summed E-state index contributed by atoms with van der Waals surface area (Å²) in [5.41, 5.74) is 12.7. The molecule has 5 aromatic rings. The number of nitrogens with zero attached hydrogens (tertiary/aromatic N) is 3. The minimum Gasteiger partial charge on any atom is -0.397 e. The Balaban J connectivity index is 1.35. The third-order valence-corrected chi connectivity index (χ3v) is 7.95. The van der Waals surface area contributed by atoms with Crippen molar-refractivity contribution in [3.8, 4) is 11.4 Å². The Bertz CT molecular complexity index is 1590. The van der Waals surface area contributed by atoms with Crippen LogP contribution in [0.25, 0.3) is 17.0 Å². The van der Waals surface area contributed by atoms with Gasteiger partial charge < -0.3 is 11.1 Å². The highest BCUT2D eigenvalue weighted by Crippen LogP contribution is 2.55. The van der Waals surface area contributed by atoms with Crippen LogP contribution in [0.4, 0.5) is 11.4 Å². The summed E-state index contributed by atoms with van der Waals surface area (Å²) in [5, 5.41) is 4.03. The van der Waals surface area contributed by atoms with Crippen molar-refractivity contribution in [1.82, 2.24) is 14.4 Å². The molecular weight excluding hydrogens is 454 g/mol. The first-order valence-electron chi connectivity index (χ1n) is 11.6. The van der Waals surface area contributed by atoms with Gasteiger partial charge in [0.1, 0.15) is 16.3 Å². The second kappa shape index (κ2) is 8.06. The number of aryl methyl sites for hydroxylation is 2. The first-order chi connectivity index (χ1) is 17.0. The Kier molecular flexibility index (Phi) is 4.96. The van der Waals surface area contributed by atoms with Gasteiger partial charge in [0.05, 0.1) is 22.8 Å². The summed E-state index contributed by atoms with van der Waals surface area (Å²) in [6, 6.07) is 21.2. The molecule has 0 atom stereocenters. The second-order valence-corrected chi connectivity index (χ2v) is 10.3. The highest BCUT2D eigenvalue weighted by molar-refractivity contribution is 7.12. The number of amides is 1. The van der Waals surface area contributed by atoms with E-state index in [4.69, 9.17) is 15.7 Å². The summed E-state index contributed by atoms with van der Waals surface area (Å²) in [7, 11) is 0. The zero-order valence-corrected chi connectivity index (χ0v) is 20.4. The molecule has 0 saturated heterocycles. The van der Waals surface area contributed by atoms with Gasteiger partial charge in [-0.15, -0.1) is 11.3 Å². The van der Waals surface area contributed by atoms with Crippen LogP contribution in [-0.4, -0.2) is 20.3 Å². The van der Waals surface area contributed by atoms with E-state index < -0.39 is 0 Å². The second-order valence-electron chi connectivity index (χ2n) is 9.10. The number of hydrogen-bond acceptors (Lipinski definition) is 5. The Morgan fingerprint density at radius 1 is 1.03 bits per heavy atom. The van der Waals surface area contributed by atoms with Gasteiger partial charge in [0.25, 0.3) is 5.91 Å². The fourth-order valence-electron chi connectivity index (χ4n) is 4.73. The zero-order chi connectivity index (χ0) is 24.2. The number of nitrogens with one attached hydrogen (secondary N) is 1. The number of carbonyl (C=O) groups excluding carboxylic acids is 1. The first kappa shape index (κ1) is 21.6. The molecule has 3 aromatic heterocycles. The number of nitrogen functional groups attached to an aromatic ring is 1. The number of aromatic nitrogens is 3. The lowest BCUT2D eigenvalue weighted by Crippen LogP contribution is -2.15. The van der Waals surface area contributed by atoms with Crippen LogP contribution in [0.3, 0.4) is 0 Å². The summed E-state index contributed by atoms with van der Waals surface area (Å²) in [5.74, 6) is -0.169. The maximum absolute atomic E-state index is 13.0. The topological polar surface area (TPSA) is 85.3 Å². The molecule has 3 N–H and O–H groups in total. The number of benzene rings is 2. The fourth-order valence-corrected chi connectivity index (χ4v) is 5.92. The van der Waals surface area contributed by atoms with E-state index in [1.807, 2.05) is 67.7 Å². The number of imidazole rings is 1. The lowest BCUT2D eigenvalue weighted by molar-refractivity contribution is 0.102. The number of pyridine rings is 1. The predicted octanol–water partition coefficient (Wildman–Crippen LogP) is 5.99. The number of fused-ring (bicyclic) bond motifs is 1. The molecule has 35 heavy (non-hydrogen) atoms. The zero-order valence-electron chi connectivity index (χ0n) is 19.6. The number of nitrogens with two attached hydrogens (primary N) is 1. The number of thiazole rings is 1. The van der Waals surface area contributed by atoms with Crippen LogP contribution in [0.15, 0.2) is 72.9 Å². The van der Waals surface area contributed by atoms with Crippen LogP contribution in [0.2, 0.25) is 0 Å². The van der Waals surface area contributed by atoms with E-state index in [1.165, 1.54) is 4.88 Å². The van der Waals surface area contributed by atoms with Gasteiger partial charge >= 0.3 is 0 Å². The van der Waals surface area contributed by atoms with Crippen molar-refractivity contribution in [2.24, 2.45) is 0 Å². The molecule has 7 heteroatoms. The predicted molar refractivity (Wildman–Crippen MR) is 141 cm³/mol. The van der Waals surface area contributed by atoms with Gasteiger partial charge in [0.15, 0.2) is 0 Å². The van der Waals surface area contributed by atoms with E-state index in [0.29, 0.717) is 16.9 Å². The lowest BCUT2D eigenvalue weighted by Gasteiger charge is -2.14. The Morgan fingerprint density at radius 2 is 1.83 bits per heavy atom. The van der Waals surface area contributed by atoms with Gasteiger partial charge in [-0.3, -0.25) is 9.20 Å². The molecule has 3 heterocycles. The minimum atomic E-state index is -0.169. The Morgan fingerprint density at radius 3 is 2.63 bits per heavy atom. The highest BCUT2D eigenvalue weighted by atomic mass is 32.1. The molecule has 1 aliphatic rings. The summed E-state index contributed by atoms with van der Waals surface area (Å²) in [6.45, 7) is 4.16. The Hall–Kier alpha value is -3.97. The van der Waals surface area contributed by atoms with Gasteiger partial charge in [0, 0.05) is 22.1 Å². The molecule has 0 radical (unpaired) electrons. The van der Waals surface area contributed by atoms with E-state index in [0.717, 1.165) is 46.1 Å². The van der Waals surface area contributed by atoms with Crippen LogP contribution in [-0.2, 0) is 5.41 Å². The van der Waals surface area contributed by atoms with E-state index in [2.05, 4.69) is 22.7 Å². The smallest absolute Gasteiger partial charge is 0.255 e. The molecule has 1 aliphatic carbocycles. The first-order valence-corrected chi connectivity index (χ1v) is 12.5. The average molecular weight is 480 g/mol. The standard InChI is InChI=1S/C28H25N5OS/c1-17-25(33-15-6-5-12-23(33)30-17)24-18(2)35-27(32-24)28(13-14-28)20-9-7-8-19(16-20)26(34)31-22-11-4-3-10-21(22)29/h3-12,15-16H,13-14,29H2,1-2H3,(H,31,34). The van der Waals surface area contributed by atoms with Crippen LogP contribution >= 0.6 is 11.3 Å². The van der Waals surface area contributed by atoms with E-state index in [9.17, 15) is 4.79 Å². The summed E-state index contributed by atoms with van der Waals surface area (Å²) < 4.78 is 2.11. The largest absolute Gasteiger partial charge is 0.397 e. The molecule has 0 spiro atoms. The van der Waals surface area contributed by atoms with Crippen molar-refractivity contribution in [2.75, 3.05) is 11.1 Å². The van der Waals surface area contributed by atoms with Crippen LogP contribution in [0.5, 0.6) is 0 Å². The maximum atomic E-state index is 13.0. The van der Waals surface area contributed by atoms with Crippen molar-refractivity contribution in [3.63, 3.8) is 0 Å². The highest BCUT2D eigenvalue weighted by Gasteiger charge is 2.49. The van der Waals surface area contributed by atoms with Gasteiger partial charge in [-0.2, -0.15) is 0 Å². The molecule has 1 fully saturated rings. The fraction of sp³-hybridized carbons (Fsp3) is 0.179. The van der Waals surface area contributed by atoms with Crippen molar-refractivity contribution in [2.45, 2.75) is 32.1 Å². The molecule has 0 unspecified atom stereocenters. The van der Waals surface area contributed by atoms with Gasteiger partial charge in [-0.25, -0.2) is 9.97 Å². The van der Waals surface area contributed by atoms with E-state index >= 15 is 0 Å². The number of anilines is 2. The molecular formula is C28H25N5OS. The van der Waals surface area contributed by atoms with Crippen molar-refractivity contribution < 1.29 is 4.79 Å². The molecule has 1 saturated carbocycles. The van der Waals surface area contributed by atoms with Crippen LogP contribution in [0.1, 0.15) is 44.3 Å². The molecule has 0 aliphatic heterocycles. The van der Waals surface area contributed by atoms with Crippen LogP contribution < -0.4 is 11.1 Å². The maximum Gasteiger partial charge on any atom is 0.255 e. The normalized spacial score (nSPS) is 14.2. The summed E-state index contributed by atoms with van der Waals surface area (Å²) in [6.07, 6.45) is 4.07. The number of rotatable bonds is 5. The Labute approximate surface area is 207 Å². The SMILES string of the molecule is Cc1nc2ccccn2c1-c1nc(C2(c3cccc(C(=O)Nc4ccccc4N)c3)CC2)sc1C. The third-order valence-electron chi connectivity index (χ3n) is 6.77. The van der Waals surface area contributed by atoms with Crippen LogP contribution in [0, 0.1) is 13.8 Å². The van der Waals surface area contributed by atoms with Crippen molar-refractivity contribution >= 4 is 34.3 Å². The molecule has 6 rings (SSSR count). The molecule has 1 amide bonds. The molecule has 174 valence electrons. The summed E-state index contributed by atoms with van der Waals surface area (Å²) >= 11 is 1.74. The van der Waals surface area contributed by atoms with E-state index in [1.54, 1.807) is 17.4 Å². The molecule has 2 aromatic carbocycles. The third kappa shape index (κ3) is 3.59.